The van der Waals surface area contributed by atoms with Crippen molar-refractivity contribution in [3.05, 3.63) is 0 Å². The van der Waals surface area contributed by atoms with Gasteiger partial charge in [0.2, 0.25) is 0 Å². The van der Waals surface area contributed by atoms with Gasteiger partial charge in [-0.3, -0.25) is 9.59 Å². The molecule has 4 heteroatoms. The second-order valence-corrected chi connectivity index (χ2v) is 4.29. The molecule has 0 saturated carbocycles. The lowest BCUT2D eigenvalue weighted by Gasteiger charge is -2.23. The fourth-order valence-electron chi connectivity index (χ4n) is 1.79. The lowest BCUT2D eigenvalue weighted by molar-refractivity contribution is -0.146. The van der Waals surface area contributed by atoms with Gasteiger partial charge in [0.15, 0.2) is 6.29 Å². The first-order valence-corrected chi connectivity index (χ1v) is 5.57. The first kappa shape index (κ1) is 14.8. The number of hydrogen-bond acceptors (Lipinski definition) is 4. The number of esters is 1. The highest BCUT2D eigenvalue weighted by molar-refractivity contribution is 5.71. The normalized spacial score (nSPS) is 14.2. The molecule has 0 radical (unpaired) electrons. The summed E-state index contributed by atoms with van der Waals surface area (Å²) in [6, 6.07) is 0. The van der Waals surface area contributed by atoms with Crippen LogP contribution in [0, 0.1) is 17.8 Å². The van der Waals surface area contributed by atoms with E-state index in [1.165, 1.54) is 0 Å². The van der Waals surface area contributed by atoms with Crippen LogP contribution in [0.15, 0.2) is 0 Å². The summed E-state index contributed by atoms with van der Waals surface area (Å²) in [5, 5.41) is 0. The third-order valence-corrected chi connectivity index (χ3v) is 2.74. The van der Waals surface area contributed by atoms with Gasteiger partial charge in [0.05, 0.1) is 0 Å². The van der Waals surface area contributed by atoms with Crippen LogP contribution in [0.3, 0.4) is 0 Å². The summed E-state index contributed by atoms with van der Waals surface area (Å²) in [6.45, 7) is 5.73. The molecule has 0 N–H and O–H groups in total. The van der Waals surface area contributed by atoms with Crippen molar-refractivity contribution in [1.29, 1.82) is 0 Å². The topological polar surface area (TPSA) is 60.4 Å². The summed E-state index contributed by atoms with van der Waals surface area (Å²) in [6.07, 6.45) is 2.34. The summed E-state index contributed by atoms with van der Waals surface area (Å²) in [5.41, 5.74) is 0. The van der Waals surface area contributed by atoms with Crippen LogP contribution in [0.2, 0.25) is 0 Å². The maximum absolute atomic E-state index is 11.2. The van der Waals surface area contributed by atoms with Crippen molar-refractivity contribution in [2.24, 2.45) is 17.8 Å². The van der Waals surface area contributed by atoms with Crippen LogP contribution in [0.1, 0.15) is 33.6 Å². The number of hydrogen-bond donors (Lipinski definition) is 0. The molecule has 2 unspecified atom stereocenters. The molecule has 0 aromatic heterocycles. The monoisotopic (exact) mass is 228 g/mol. The molecule has 0 bridgehead atoms. The predicted octanol–water partition coefficient (Wildman–Crippen LogP) is 1.62. The van der Waals surface area contributed by atoms with Crippen LogP contribution in [-0.4, -0.2) is 25.1 Å². The molecule has 0 aromatic carbocycles. The minimum Gasteiger partial charge on any atom is -0.458 e. The smallest absolute Gasteiger partial charge is 0.306 e. The third-order valence-electron chi connectivity index (χ3n) is 2.74. The molecule has 2 atom stereocenters. The van der Waals surface area contributed by atoms with Crippen molar-refractivity contribution in [3.63, 3.8) is 0 Å². The predicted molar refractivity (Wildman–Crippen MR) is 59.8 cm³/mol. The molecule has 0 heterocycles. The Labute approximate surface area is 96.4 Å². The molecule has 0 aliphatic heterocycles. The number of aldehydes is 2. The maximum Gasteiger partial charge on any atom is 0.306 e. The summed E-state index contributed by atoms with van der Waals surface area (Å²) >= 11 is 0. The van der Waals surface area contributed by atoms with Crippen LogP contribution in [0.4, 0.5) is 0 Å². The van der Waals surface area contributed by atoms with Crippen molar-refractivity contribution in [3.8, 4) is 0 Å². The highest BCUT2D eigenvalue weighted by atomic mass is 16.5. The Hall–Kier alpha value is -1.19. The Kier molecular flexibility index (Phi) is 7.42. The maximum atomic E-state index is 11.2. The van der Waals surface area contributed by atoms with Gasteiger partial charge in [-0.25, -0.2) is 0 Å². The number of carbonyl (C=O) groups is 3. The summed E-state index contributed by atoms with van der Waals surface area (Å²) < 4.78 is 4.64. The Balaban J connectivity index is 4.06. The van der Waals surface area contributed by atoms with E-state index in [-0.39, 0.29) is 30.8 Å². The van der Waals surface area contributed by atoms with Gasteiger partial charge in [-0.05, 0) is 18.3 Å². The van der Waals surface area contributed by atoms with E-state index >= 15 is 0 Å². The van der Waals surface area contributed by atoms with E-state index in [4.69, 9.17) is 0 Å². The molecule has 0 rings (SSSR count). The number of rotatable bonds is 8. The van der Waals surface area contributed by atoms with Crippen LogP contribution < -0.4 is 0 Å². The Morgan fingerprint density at radius 3 is 2.31 bits per heavy atom. The zero-order valence-electron chi connectivity index (χ0n) is 10.1. The number of ether oxygens (including phenoxy) is 1. The SMILES string of the molecule is CC(C)C(CCC(=O)OCC=O)C(C)C=O. The minimum atomic E-state index is -0.379. The van der Waals surface area contributed by atoms with Crippen LogP contribution in [-0.2, 0) is 19.1 Å². The minimum absolute atomic E-state index is 0.0566. The molecular formula is C12H20O4. The van der Waals surface area contributed by atoms with Gasteiger partial charge in [-0.1, -0.05) is 20.8 Å². The highest BCUT2D eigenvalue weighted by Gasteiger charge is 2.21. The fourth-order valence-corrected chi connectivity index (χ4v) is 1.79. The van der Waals surface area contributed by atoms with Crippen LogP contribution in [0.5, 0.6) is 0 Å². The van der Waals surface area contributed by atoms with Crippen molar-refractivity contribution in [2.75, 3.05) is 6.61 Å². The zero-order chi connectivity index (χ0) is 12.6. The van der Waals surface area contributed by atoms with Crippen molar-refractivity contribution in [2.45, 2.75) is 33.6 Å². The first-order valence-electron chi connectivity index (χ1n) is 5.57. The quantitative estimate of drug-likeness (QED) is 0.468. The molecule has 92 valence electrons. The molecular weight excluding hydrogens is 208 g/mol. The van der Waals surface area contributed by atoms with E-state index in [9.17, 15) is 14.4 Å². The fraction of sp³-hybridized carbons (Fsp3) is 0.750. The highest BCUT2D eigenvalue weighted by Crippen LogP contribution is 2.24. The average molecular weight is 228 g/mol. The zero-order valence-corrected chi connectivity index (χ0v) is 10.1. The first-order chi connectivity index (χ1) is 7.52. The molecule has 4 nitrogen and oxygen atoms in total. The van der Waals surface area contributed by atoms with E-state index in [1.807, 2.05) is 20.8 Å². The Bertz CT molecular complexity index is 235. The van der Waals surface area contributed by atoms with Gasteiger partial charge in [-0.15, -0.1) is 0 Å². The molecule has 0 fully saturated rings. The number of carbonyl (C=O) groups excluding carboxylic acids is 3. The van der Waals surface area contributed by atoms with Crippen molar-refractivity contribution in [1.82, 2.24) is 0 Å². The largest absolute Gasteiger partial charge is 0.458 e. The van der Waals surface area contributed by atoms with Crippen LogP contribution >= 0.6 is 0 Å². The van der Waals surface area contributed by atoms with Crippen molar-refractivity contribution < 1.29 is 19.1 Å². The van der Waals surface area contributed by atoms with Gasteiger partial charge in [0.1, 0.15) is 12.9 Å². The van der Waals surface area contributed by atoms with Gasteiger partial charge in [0, 0.05) is 12.3 Å². The summed E-state index contributed by atoms with van der Waals surface area (Å²) in [4.78, 5) is 31.9. The van der Waals surface area contributed by atoms with E-state index < -0.39 is 0 Å². The summed E-state index contributed by atoms with van der Waals surface area (Å²) in [5.74, 6) is 0.0927. The van der Waals surface area contributed by atoms with E-state index in [0.717, 1.165) is 6.29 Å². The molecule has 16 heavy (non-hydrogen) atoms. The molecule has 0 saturated heterocycles. The van der Waals surface area contributed by atoms with Gasteiger partial charge >= 0.3 is 5.97 Å². The molecule has 0 aliphatic rings. The second-order valence-electron chi connectivity index (χ2n) is 4.29. The Morgan fingerprint density at radius 2 is 1.88 bits per heavy atom. The molecule has 0 spiro atoms. The van der Waals surface area contributed by atoms with Crippen molar-refractivity contribution >= 4 is 18.5 Å². The molecule has 0 aromatic rings. The molecule has 0 amide bonds. The second kappa shape index (κ2) is 8.02. The average Bonchev–Trinajstić information content (AvgIpc) is 2.25. The molecule has 0 aliphatic carbocycles. The van der Waals surface area contributed by atoms with Gasteiger partial charge in [0.25, 0.3) is 0 Å². The lowest BCUT2D eigenvalue weighted by atomic mass is 9.82. The Morgan fingerprint density at radius 1 is 1.25 bits per heavy atom. The van der Waals surface area contributed by atoms with Gasteiger partial charge < -0.3 is 9.53 Å². The van der Waals surface area contributed by atoms with E-state index in [0.29, 0.717) is 18.6 Å². The third kappa shape index (κ3) is 5.63. The van der Waals surface area contributed by atoms with Gasteiger partial charge in [-0.2, -0.15) is 0 Å². The van der Waals surface area contributed by atoms with E-state index in [2.05, 4.69) is 4.74 Å². The lowest BCUT2D eigenvalue weighted by Crippen LogP contribution is -2.20. The van der Waals surface area contributed by atoms with Crippen LogP contribution in [0.25, 0.3) is 0 Å². The standard InChI is InChI=1S/C12H20O4/c1-9(2)11(10(3)8-14)4-5-12(15)16-7-6-13/h6,8-11H,4-5,7H2,1-3H3. The summed E-state index contributed by atoms with van der Waals surface area (Å²) in [7, 11) is 0. The van der Waals surface area contributed by atoms with E-state index in [1.54, 1.807) is 0 Å².